The van der Waals surface area contributed by atoms with Crippen molar-refractivity contribution in [2.75, 3.05) is 13.1 Å². The summed E-state index contributed by atoms with van der Waals surface area (Å²) >= 11 is 6.30. The second-order valence-corrected chi connectivity index (χ2v) is 8.69. The molecule has 0 unspecified atom stereocenters. The molecule has 5 heteroatoms. The minimum absolute atomic E-state index is 0.177. The van der Waals surface area contributed by atoms with Gasteiger partial charge in [-0.25, -0.2) is 0 Å². The van der Waals surface area contributed by atoms with Gasteiger partial charge in [0.05, 0.1) is 12.1 Å². The van der Waals surface area contributed by atoms with E-state index in [1.54, 1.807) is 12.4 Å². The minimum Gasteiger partial charge on any atom is -0.342 e. The van der Waals surface area contributed by atoms with E-state index in [4.69, 9.17) is 16.6 Å². The van der Waals surface area contributed by atoms with Crippen LogP contribution >= 0.6 is 11.6 Å². The molecule has 2 aliphatic rings. The van der Waals surface area contributed by atoms with Crippen LogP contribution in [0.15, 0.2) is 61.1 Å². The molecule has 1 aromatic carbocycles. The summed E-state index contributed by atoms with van der Waals surface area (Å²) in [5.41, 5.74) is 4.61. The first-order valence-corrected chi connectivity index (χ1v) is 11.2. The van der Waals surface area contributed by atoms with Crippen LogP contribution in [-0.2, 0) is 17.6 Å². The highest BCUT2D eigenvalue weighted by molar-refractivity contribution is 6.30. The first-order valence-electron chi connectivity index (χ1n) is 10.8. The van der Waals surface area contributed by atoms with Gasteiger partial charge in [-0.15, -0.1) is 0 Å². The van der Waals surface area contributed by atoms with Gasteiger partial charge in [-0.2, -0.15) is 0 Å². The number of hydrogen-bond donors (Lipinski definition) is 0. The van der Waals surface area contributed by atoms with Gasteiger partial charge in [0.1, 0.15) is 0 Å². The Bertz CT molecular complexity index is 1230. The van der Waals surface area contributed by atoms with Crippen LogP contribution in [-0.4, -0.2) is 33.9 Å². The van der Waals surface area contributed by atoms with Crippen molar-refractivity contribution < 1.29 is 4.79 Å². The zero-order valence-electron chi connectivity index (χ0n) is 17.3. The van der Waals surface area contributed by atoms with Gasteiger partial charge in [0.25, 0.3) is 0 Å². The number of halogens is 1. The number of likely N-dealkylation sites (tertiary alicyclic amines) is 1. The number of aromatic nitrogens is 2. The highest BCUT2D eigenvalue weighted by Crippen LogP contribution is 2.31. The molecule has 0 bridgehead atoms. The zero-order valence-corrected chi connectivity index (χ0v) is 18.1. The summed E-state index contributed by atoms with van der Waals surface area (Å²) < 4.78 is 0. The van der Waals surface area contributed by atoms with Crippen molar-refractivity contribution in [3.63, 3.8) is 0 Å². The maximum absolute atomic E-state index is 12.8. The molecule has 1 aliphatic heterocycles. The molecule has 0 atom stereocenters. The number of nitrogens with zero attached hydrogens (tertiary/aromatic N) is 3. The lowest BCUT2D eigenvalue weighted by molar-refractivity contribution is -0.131. The summed E-state index contributed by atoms with van der Waals surface area (Å²) in [6.07, 6.45) is 10.8. The normalized spacial score (nSPS) is 16.2. The van der Waals surface area contributed by atoms with Gasteiger partial charge in [0.2, 0.25) is 5.91 Å². The van der Waals surface area contributed by atoms with Crippen LogP contribution in [0.5, 0.6) is 0 Å². The topological polar surface area (TPSA) is 46.1 Å². The van der Waals surface area contributed by atoms with Crippen molar-refractivity contribution in [3.05, 3.63) is 93.3 Å². The third-order valence-corrected chi connectivity index (χ3v) is 6.56. The van der Waals surface area contributed by atoms with E-state index in [2.05, 4.69) is 29.3 Å². The Balaban J connectivity index is 1.43. The Hall–Kier alpha value is -2.98. The molecule has 3 heterocycles. The van der Waals surface area contributed by atoms with Crippen molar-refractivity contribution in [2.24, 2.45) is 5.92 Å². The number of benzene rings is 1. The molecule has 5 rings (SSSR count). The molecule has 0 radical (unpaired) electrons. The van der Waals surface area contributed by atoms with Gasteiger partial charge in [0.15, 0.2) is 0 Å². The first-order chi connectivity index (χ1) is 15.2. The van der Waals surface area contributed by atoms with E-state index in [9.17, 15) is 4.79 Å². The lowest BCUT2D eigenvalue weighted by Gasteiger charge is -2.33. The van der Waals surface area contributed by atoms with Gasteiger partial charge >= 0.3 is 0 Å². The number of carbonyl (C=O) groups excluding carboxylic acids is 1. The molecular weight excluding hydrogens is 406 g/mol. The van der Waals surface area contributed by atoms with E-state index in [0.29, 0.717) is 12.3 Å². The van der Waals surface area contributed by atoms with E-state index >= 15 is 0 Å². The van der Waals surface area contributed by atoms with Crippen molar-refractivity contribution in [2.45, 2.75) is 25.7 Å². The molecule has 3 aromatic rings. The lowest BCUT2D eigenvalue weighted by atomic mass is 9.84. The van der Waals surface area contributed by atoms with Crippen molar-refractivity contribution in [1.29, 1.82) is 0 Å². The number of carbonyl (C=O) groups is 1. The van der Waals surface area contributed by atoms with Crippen LogP contribution in [0, 0.1) is 5.92 Å². The number of amides is 1. The lowest BCUT2D eigenvalue weighted by Crippen LogP contribution is -2.41. The summed E-state index contributed by atoms with van der Waals surface area (Å²) in [7, 11) is 0. The fraction of sp³-hybridized carbons (Fsp3) is 0.269. The van der Waals surface area contributed by atoms with E-state index in [0.717, 1.165) is 48.6 Å². The average Bonchev–Trinajstić information content (AvgIpc) is 2.96. The summed E-state index contributed by atoms with van der Waals surface area (Å²) in [4.78, 5) is 23.7. The molecule has 0 spiro atoms. The fourth-order valence-corrected chi connectivity index (χ4v) is 4.94. The Morgan fingerprint density at radius 2 is 1.94 bits per heavy atom. The molecule has 2 aromatic heterocycles. The molecule has 31 heavy (non-hydrogen) atoms. The zero-order chi connectivity index (χ0) is 21.2. The van der Waals surface area contributed by atoms with Gasteiger partial charge in [0, 0.05) is 36.7 Å². The summed E-state index contributed by atoms with van der Waals surface area (Å²) in [5.74, 6) is 0.541. The average molecular weight is 430 g/mol. The summed E-state index contributed by atoms with van der Waals surface area (Å²) in [6, 6.07) is 14.2. The predicted octanol–water partition coefficient (Wildman–Crippen LogP) is 3.15. The highest BCUT2D eigenvalue weighted by atomic mass is 35.5. The van der Waals surface area contributed by atoms with Gasteiger partial charge in [-0.05, 0) is 76.6 Å². The van der Waals surface area contributed by atoms with Crippen LogP contribution in [0.4, 0.5) is 0 Å². The molecule has 1 saturated heterocycles. The second kappa shape index (κ2) is 8.64. The van der Waals surface area contributed by atoms with E-state index in [1.807, 2.05) is 35.4 Å². The third kappa shape index (κ3) is 4.13. The molecule has 1 aliphatic carbocycles. The van der Waals surface area contributed by atoms with Crippen LogP contribution in [0.1, 0.15) is 29.7 Å². The highest BCUT2D eigenvalue weighted by Gasteiger charge is 2.28. The first kappa shape index (κ1) is 20.0. The SMILES string of the molecule is O=C(Cc1cccnc1)N1CCC(C2=c3ccc(Cl)cc3=CCc3cccnc32)CC1. The molecule has 1 fully saturated rings. The molecule has 4 nitrogen and oxygen atoms in total. The molecule has 0 saturated carbocycles. The van der Waals surface area contributed by atoms with Gasteiger partial charge in [-0.3, -0.25) is 14.8 Å². The van der Waals surface area contributed by atoms with E-state index in [1.165, 1.54) is 21.6 Å². The maximum Gasteiger partial charge on any atom is 0.227 e. The number of piperidine rings is 1. The Kier molecular flexibility index (Phi) is 5.56. The number of rotatable bonds is 3. The molecular formula is C26H24ClN3O. The quantitative estimate of drug-likeness (QED) is 0.642. The largest absolute Gasteiger partial charge is 0.342 e. The van der Waals surface area contributed by atoms with E-state index < -0.39 is 0 Å². The summed E-state index contributed by atoms with van der Waals surface area (Å²) in [6.45, 7) is 1.53. The monoisotopic (exact) mass is 429 g/mol. The smallest absolute Gasteiger partial charge is 0.227 e. The second-order valence-electron chi connectivity index (χ2n) is 8.26. The van der Waals surface area contributed by atoms with Crippen LogP contribution in [0.2, 0.25) is 5.02 Å². The Morgan fingerprint density at radius 3 is 2.74 bits per heavy atom. The van der Waals surface area contributed by atoms with Crippen molar-refractivity contribution in [1.82, 2.24) is 14.9 Å². The minimum atomic E-state index is 0.177. The number of pyridine rings is 2. The van der Waals surface area contributed by atoms with Crippen molar-refractivity contribution >= 4 is 29.2 Å². The van der Waals surface area contributed by atoms with Crippen LogP contribution in [0.25, 0.3) is 11.6 Å². The van der Waals surface area contributed by atoms with E-state index in [-0.39, 0.29) is 5.91 Å². The van der Waals surface area contributed by atoms with Crippen LogP contribution in [0.3, 0.4) is 0 Å². The number of fused-ring (bicyclic) bond motifs is 2. The van der Waals surface area contributed by atoms with Crippen molar-refractivity contribution in [3.8, 4) is 0 Å². The Morgan fingerprint density at radius 1 is 1.10 bits per heavy atom. The predicted molar refractivity (Wildman–Crippen MR) is 123 cm³/mol. The molecule has 0 N–H and O–H groups in total. The molecule has 1 amide bonds. The maximum atomic E-state index is 12.8. The standard InChI is InChI=1S/C26H24ClN3O/c27-22-7-8-23-21(16-22)6-5-20-4-2-12-29-26(20)25(23)19-9-13-30(14-10-19)24(31)15-18-3-1-11-28-17-18/h1-4,6-8,11-12,16-17,19H,5,9-10,13-15H2. The fourth-order valence-electron chi connectivity index (χ4n) is 4.76. The number of hydrogen-bond acceptors (Lipinski definition) is 3. The van der Waals surface area contributed by atoms with Crippen LogP contribution < -0.4 is 10.4 Å². The Labute approximate surface area is 186 Å². The third-order valence-electron chi connectivity index (χ3n) is 6.33. The van der Waals surface area contributed by atoms with Gasteiger partial charge in [-0.1, -0.05) is 35.9 Å². The summed E-state index contributed by atoms with van der Waals surface area (Å²) in [5, 5.41) is 3.15. The van der Waals surface area contributed by atoms with Gasteiger partial charge < -0.3 is 4.90 Å². The molecule has 156 valence electrons.